The summed E-state index contributed by atoms with van der Waals surface area (Å²) in [5.74, 6) is 0. The molecule has 1 heterocycles. The molecular weight excluding hydrogens is 171 g/mol. The van der Waals surface area contributed by atoms with Crippen LogP contribution in [0, 0.1) is 0 Å². The summed E-state index contributed by atoms with van der Waals surface area (Å²) in [7, 11) is 0. The molecular formula is C6H11FO5. The van der Waals surface area contributed by atoms with Crippen molar-refractivity contribution in [1.82, 2.24) is 0 Å². The Hall–Kier alpha value is -0.270. The van der Waals surface area contributed by atoms with Crippen molar-refractivity contribution in [3.63, 3.8) is 0 Å². The second-order valence-corrected chi connectivity index (χ2v) is 2.67. The van der Waals surface area contributed by atoms with Gasteiger partial charge in [0.25, 0.3) is 0 Å². The van der Waals surface area contributed by atoms with Crippen LogP contribution >= 0.6 is 0 Å². The molecule has 4 N–H and O–H groups in total. The van der Waals surface area contributed by atoms with Crippen molar-refractivity contribution in [3.8, 4) is 0 Å². The Kier molecular flexibility index (Phi) is 2.97. The first kappa shape index (κ1) is 9.82. The molecule has 1 saturated heterocycles. The predicted molar refractivity (Wildman–Crippen MR) is 34.9 cm³/mol. The zero-order valence-corrected chi connectivity index (χ0v) is 6.17. The first-order valence-corrected chi connectivity index (χ1v) is 3.52. The Labute approximate surface area is 68.0 Å². The molecule has 0 radical (unpaired) electrons. The van der Waals surface area contributed by atoms with E-state index in [1.165, 1.54) is 0 Å². The van der Waals surface area contributed by atoms with E-state index >= 15 is 0 Å². The summed E-state index contributed by atoms with van der Waals surface area (Å²) in [5, 5.41) is 35.2. The van der Waals surface area contributed by atoms with Crippen LogP contribution in [0.1, 0.15) is 0 Å². The van der Waals surface area contributed by atoms with E-state index in [0.29, 0.717) is 0 Å². The highest BCUT2D eigenvalue weighted by molar-refractivity contribution is 4.88. The van der Waals surface area contributed by atoms with E-state index in [2.05, 4.69) is 4.74 Å². The highest BCUT2D eigenvalue weighted by atomic mass is 19.1. The van der Waals surface area contributed by atoms with Crippen LogP contribution in [0.5, 0.6) is 0 Å². The maximum atomic E-state index is 12.8. The quantitative estimate of drug-likeness (QED) is 0.368. The number of ether oxygens (including phenoxy) is 1. The van der Waals surface area contributed by atoms with Crippen molar-refractivity contribution in [2.24, 2.45) is 0 Å². The minimum absolute atomic E-state index is 0.606. The maximum Gasteiger partial charge on any atom is 0.184 e. The number of halogens is 1. The molecule has 1 aliphatic rings. The molecule has 0 aromatic carbocycles. The molecule has 0 amide bonds. The van der Waals surface area contributed by atoms with Crippen molar-refractivity contribution in [1.29, 1.82) is 0 Å². The fourth-order valence-electron chi connectivity index (χ4n) is 1.06. The van der Waals surface area contributed by atoms with Gasteiger partial charge in [-0.1, -0.05) is 0 Å². The van der Waals surface area contributed by atoms with Crippen molar-refractivity contribution in [2.75, 3.05) is 6.61 Å². The third-order valence-electron chi connectivity index (χ3n) is 1.82. The molecule has 1 fully saturated rings. The number of hydrogen-bond donors (Lipinski definition) is 4. The van der Waals surface area contributed by atoms with Crippen molar-refractivity contribution in [3.05, 3.63) is 0 Å². The maximum absolute atomic E-state index is 12.8. The number of alkyl halides is 1. The van der Waals surface area contributed by atoms with Gasteiger partial charge in [0.05, 0.1) is 6.61 Å². The molecule has 0 aliphatic carbocycles. The standard InChI is InChI=1S/C6H11FO5/c7-3-4(9)2(1-8)12-6(11)5(3)10/h2-6,8-11H,1H2/t2?,3?,4-,5?,6?/m0/s1. The summed E-state index contributed by atoms with van der Waals surface area (Å²) in [4.78, 5) is 0. The molecule has 1 aliphatic heterocycles. The number of aliphatic hydroxyl groups is 4. The molecule has 0 aromatic heterocycles. The third-order valence-corrected chi connectivity index (χ3v) is 1.82. The van der Waals surface area contributed by atoms with Gasteiger partial charge in [0, 0.05) is 0 Å². The topological polar surface area (TPSA) is 90.2 Å². The molecule has 5 atom stereocenters. The molecule has 6 heteroatoms. The first-order valence-electron chi connectivity index (χ1n) is 3.52. The van der Waals surface area contributed by atoms with Gasteiger partial charge in [0.2, 0.25) is 0 Å². The zero-order valence-electron chi connectivity index (χ0n) is 6.17. The number of hydrogen-bond acceptors (Lipinski definition) is 5. The SMILES string of the molecule is OCC1OC(O)C(O)C(F)[C@H]1O. The zero-order chi connectivity index (χ0) is 9.30. The summed E-state index contributed by atoms with van der Waals surface area (Å²) in [6, 6.07) is 0. The van der Waals surface area contributed by atoms with Gasteiger partial charge in [0.15, 0.2) is 12.5 Å². The summed E-state index contributed by atoms with van der Waals surface area (Å²) >= 11 is 0. The lowest BCUT2D eigenvalue weighted by molar-refractivity contribution is -0.274. The van der Waals surface area contributed by atoms with Crippen LogP contribution in [0.4, 0.5) is 4.39 Å². The second kappa shape index (κ2) is 3.63. The highest BCUT2D eigenvalue weighted by Gasteiger charge is 2.43. The van der Waals surface area contributed by atoms with Gasteiger partial charge in [-0.2, -0.15) is 0 Å². The number of rotatable bonds is 1. The van der Waals surface area contributed by atoms with Crippen LogP contribution in [-0.4, -0.2) is 57.8 Å². The van der Waals surface area contributed by atoms with E-state index in [-0.39, 0.29) is 0 Å². The van der Waals surface area contributed by atoms with Gasteiger partial charge in [0.1, 0.15) is 18.3 Å². The summed E-state index contributed by atoms with van der Waals surface area (Å²) in [5.41, 5.74) is 0. The lowest BCUT2D eigenvalue weighted by Crippen LogP contribution is -2.56. The minimum atomic E-state index is -1.99. The Bertz CT molecular complexity index is 150. The summed E-state index contributed by atoms with van der Waals surface area (Å²) < 4.78 is 17.3. The monoisotopic (exact) mass is 182 g/mol. The van der Waals surface area contributed by atoms with E-state index < -0.39 is 37.4 Å². The van der Waals surface area contributed by atoms with Gasteiger partial charge >= 0.3 is 0 Å². The first-order chi connectivity index (χ1) is 5.57. The molecule has 0 saturated carbocycles. The van der Waals surface area contributed by atoms with Gasteiger partial charge in [-0.3, -0.25) is 0 Å². The van der Waals surface area contributed by atoms with Crippen LogP contribution in [0.25, 0.3) is 0 Å². The highest BCUT2D eigenvalue weighted by Crippen LogP contribution is 2.21. The fourth-order valence-corrected chi connectivity index (χ4v) is 1.06. The van der Waals surface area contributed by atoms with Crippen molar-refractivity contribution < 1.29 is 29.6 Å². The lowest BCUT2D eigenvalue weighted by Gasteiger charge is -2.36. The Morgan fingerprint density at radius 1 is 1.17 bits per heavy atom. The normalized spacial score (nSPS) is 49.2. The van der Waals surface area contributed by atoms with Gasteiger partial charge in [-0.05, 0) is 0 Å². The Morgan fingerprint density at radius 3 is 2.25 bits per heavy atom. The van der Waals surface area contributed by atoms with Crippen LogP contribution < -0.4 is 0 Å². The van der Waals surface area contributed by atoms with Crippen LogP contribution in [0.3, 0.4) is 0 Å². The number of aliphatic hydroxyl groups excluding tert-OH is 4. The Balaban J connectivity index is 2.63. The van der Waals surface area contributed by atoms with E-state index in [1.807, 2.05) is 0 Å². The molecule has 1 rings (SSSR count). The molecule has 0 spiro atoms. The van der Waals surface area contributed by atoms with E-state index in [0.717, 1.165) is 0 Å². The summed E-state index contributed by atoms with van der Waals surface area (Å²) in [6.45, 7) is -0.606. The van der Waals surface area contributed by atoms with Crippen LogP contribution in [-0.2, 0) is 4.74 Å². The van der Waals surface area contributed by atoms with Gasteiger partial charge in [-0.15, -0.1) is 0 Å². The molecule has 0 aromatic rings. The third kappa shape index (κ3) is 1.57. The van der Waals surface area contributed by atoms with Crippen LogP contribution in [0.2, 0.25) is 0 Å². The lowest BCUT2D eigenvalue weighted by atomic mass is 10.0. The average molecular weight is 182 g/mol. The van der Waals surface area contributed by atoms with Crippen molar-refractivity contribution in [2.45, 2.75) is 30.8 Å². The fraction of sp³-hybridized carbons (Fsp3) is 1.00. The van der Waals surface area contributed by atoms with Gasteiger partial charge in [-0.25, -0.2) is 4.39 Å². The Morgan fingerprint density at radius 2 is 1.75 bits per heavy atom. The molecule has 5 nitrogen and oxygen atoms in total. The van der Waals surface area contributed by atoms with E-state index in [4.69, 9.17) is 20.4 Å². The molecule has 4 unspecified atom stereocenters. The van der Waals surface area contributed by atoms with Crippen LogP contribution in [0.15, 0.2) is 0 Å². The average Bonchev–Trinajstić information content (AvgIpc) is 2.08. The smallest absolute Gasteiger partial charge is 0.184 e. The summed E-state index contributed by atoms with van der Waals surface area (Å²) in [6.07, 6.45) is -8.24. The largest absolute Gasteiger partial charge is 0.394 e. The van der Waals surface area contributed by atoms with Gasteiger partial charge < -0.3 is 25.2 Å². The molecule has 12 heavy (non-hydrogen) atoms. The molecule has 0 bridgehead atoms. The van der Waals surface area contributed by atoms with E-state index in [1.54, 1.807) is 0 Å². The molecule has 72 valence electrons. The second-order valence-electron chi connectivity index (χ2n) is 2.67. The van der Waals surface area contributed by atoms with E-state index in [9.17, 15) is 4.39 Å². The van der Waals surface area contributed by atoms with Crippen molar-refractivity contribution >= 4 is 0 Å². The minimum Gasteiger partial charge on any atom is -0.394 e. The predicted octanol–water partition coefficient (Wildman–Crippen LogP) is -2.24.